The van der Waals surface area contributed by atoms with Crippen molar-refractivity contribution in [3.8, 4) is 5.75 Å². The van der Waals surface area contributed by atoms with E-state index in [1.807, 2.05) is 32.0 Å². The highest BCUT2D eigenvalue weighted by Crippen LogP contribution is 2.22. The summed E-state index contributed by atoms with van der Waals surface area (Å²) in [6.45, 7) is 6.56. The number of ether oxygens (including phenoxy) is 2. The first-order chi connectivity index (χ1) is 8.63. The molecule has 0 aromatic heterocycles. The Morgan fingerprint density at radius 2 is 2.05 bits per heavy atom. The lowest BCUT2D eigenvalue weighted by Gasteiger charge is -2.11. The van der Waals surface area contributed by atoms with Crippen LogP contribution in [0.2, 0.25) is 5.02 Å². The van der Waals surface area contributed by atoms with Gasteiger partial charge in [-0.1, -0.05) is 11.6 Å². The number of halogens is 2. The summed E-state index contributed by atoms with van der Waals surface area (Å²) in [6, 6.07) is 5.65. The van der Waals surface area contributed by atoms with Gasteiger partial charge in [-0.05, 0) is 45.0 Å². The van der Waals surface area contributed by atoms with Crippen molar-refractivity contribution in [1.82, 2.24) is 5.32 Å². The van der Waals surface area contributed by atoms with Crippen LogP contribution in [0.5, 0.6) is 5.75 Å². The number of rotatable bonds is 8. The molecular formula is C14H23Cl2NO2. The minimum Gasteiger partial charge on any atom is -0.496 e. The van der Waals surface area contributed by atoms with E-state index in [4.69, 9.17) is 21.1 Å². The molecule has 0 aliphatic carbocycles. The number of benzene rings is 1. The van der Waals surface area contributed by atoms with Gasteiger partial charge in [0.25, 0.3) is 0 Å². The first-order valence-electron chi connectivity index (χ1n) is 6.28. The minimum absolute atomic E-state index is 0. The van der Waals surface area contributed by atoms with Crippen molar-refractivity contribution >= 4 is 24.0 Å². The summed E-state index contributed by atoms with van der Waals surface area (Å²) in [5.41, 5.74) is 1.08. The third-order valence-corrected chi connectivity index (χ3v) is 2.74. The van der Waals surface area contributed by atoms with Crippen molar-refractivity contribution in [2.24, 2.45) is 0 Å². The van der Waals surface area contributed by atoms with Crippen LogP contribution >= 0.6 is 24.0 Å². The lowest BCUT2D eigenvalue weighted by atomic mass is 10.2. The van der Waals surface area contributed by atoms with Crippen molar-refractivity contribution in [3.05, 3.63) is 28.8 Å². The number of nitrogens with one attached hydrogen (secondary N) is 1. The number of hydrogen-bond donors (Lipinski definition) is 1. The predicted octanol–water partition coefficient (Wildman–Crippen LogP) is 3.68. The van der Waals surface area contributed by atoms with Gasteiger partial charge in [-0.3, -0.25) is 0 Å². The van der Waals surface area contributed by atoms with Gasteiger partial charge in [0.15, 0.2) is 0 Å². The van der Waals surface area contributed by atoms with Gasteiger partial charge in [-0.15, -0.1) is 12.4 Å². The molecule has 110 valence electrons. The molecule has 0 radical (unpaired) electrons. The van der Waals surface area contributed by atoms with Gasteiger partial charge >= 0.3 is 0 Å². The second kappa shape index (κ2) is 10.3. The Labute approximate surface area is 127 Å². The van der Waals surface area contributed by atoms with Crippen LogP contribution in [0.4, 0.5) is 0 Å². The maximum Gasteiger partial charge on any atom is 0.123 e. The van der Waals surface area contributed by atoms with Crippen LogP contribution in [0, 0.1) is 0 Å². The molecule has 3 nitrogen and oxygen atoms in total. The highest BCUT2D eigenvalue weighted by Gasteiger charge is 2.03. The predicted molar refractivity (Wildman–Crippen MR) is 82.7 cm³/mol. The highest BCUT2D eigenvalue weighted by atomic mass is 35.5. The van der Waals surface area contributed by atoms with Crippen LogP contribution in [-0.2, 0) is 11.3 Å². The molecule has 0 fully saturated rings. The van der Waals surface area contributed by atoms with E-state index >= 15 is 0 Å². The van der Waals surface area contributed by atoms with Crippen molar-refractivity contribution in [2.75, 3.05) is 20.3 Å². The van der Waals surface area contributed by atoms with E-state index in [2.05, 4.69) is 5.32 Å². The highest BCUT2D eigenvalue weighted by molar-refractivity contribution is 6.30. The van der Waals surface area contributed by atoms with Gasteiger partial charge < -0.3 is 14.8 Å². The second-order valence-corrected chi connectivity index (χ2v) is 4.84. The number of hydrogen-bond acceptors (Lipinski definition) is 3. The van der Waals surface area contributed by atoms with E-state index in [0.29, 0.717) is 6.10 Å². The molecule has 0 bridgehead atoms. The Bertz CT molecular complexity index is 359. The lowest BCUT2D eigenvalue weighted by molar-refractivity contribution is 0.0770. The summed E-state index contributed by atoms with van der Waals surface area (Å²) in [5, 5.41) is 4.09. The fourth-order valence-corrected chi connectivity index (χ4v) is 1.82. The van der Waals surface area contributed by atoms with Crippen LogP contribution in [0.3, 0.4) is 0 Å². The van der Waals surface area contributed by atoms with Crippen molar-refractivity contribution in [2.45, 2.75) is 32.9 Å². The van der Waals surface area contributed by atoms with E-state index in [1.54, 1.807) is 7.11 Å². The molecule has 0 heterocycles. The zero-order chi connectivity index (χ0) is 13.4. The Morgan fingerprint density at radius 1 is 1.32 bits per heavy atom. The topological polar surface area (TPSA) is 30.5 Å². The summed E-state index contributed by atoms with van der Waals surface area (Å²) in [6.07, 6.45) is 1.30. The zero-order valence-electron chi connectivity index (χ0n) is 11.7. The van der Waals surface area contributed by atoms with Gasteiger partial charge in [-0.25, -0.2) is 0 Å². The normalized spacial score (nSPS) is 10.4. The van der Waals surface area contributed by atoms with E-state index in [9.17, 15) is 0 Å². The second-order valence-electron chi connectivity index (χ2n) is 4.41. The minimum atomic E-state index is 0. The van der Waals surface area contributed by atoms with Gasteiger partial charge in [0.2, 0.25) is 0 Å². The summed E-state index contributed by atoms with van der Waals surface area (Å²) in [5.74, 6) is 0.866. The first-order valence-corrected chi connectivity index (χ1v) is 6.66. The largest absolute Gasteiger partial charge is 0.496 e. The lowest BCUT2D eigenvalue weighted by Crippen LogP contribution is -2.17. The van der Waals surface area contributed by atoms with Crippen molar-refractivity contribution < 1.29 is 9.47 Å². The smallest absolute Gasteiger partial charge is 0.123 e. The quantitative estimate of drug-likeness (QED) is 0.743. The van der Waals surface area contributed by atoms with Crippen molar-refractivity contribution in [1.29, 1.82) is 0 Å². The van der Waals surface area contributed by atoms with Crippen LogP contribution in [0.25, 0.3) is 0 Å². The molecule has 5 heteroatoms. The summed E-state index contributed by atoms with van der Waals surface area (Å²) >= 11 is 5.97. The molecule has 0 spiro atoms. The molecule has 0 saturated heterocycles. The fraction of sp³-hybridized carbons (Fsp3) is 0.571. The molecule has 19 heavy (non-hydrogen) atoms. The Morgan fingerprint density at radius 3 is 2.68 bits per heavy atom. The molecule has 1 rings (SSSR count). The average Bonchev–Trinajstić information content (AvgIpc) is 2.33. The van der Waals surface area contributed by atoms with Crippen molar-refractivity contribution in [3.63, 3.8) is 0 Å². The molecule has 0 saturated carbocycles. The molecule has 0 amide bonds. The SMILES string of the molecule is COc1ccc(Cl)cc1CNCCCOC(C)C.Cl. The maximum absolute atomic E-state index is 5.97. The molecule has 1 aromatic carbocycles. The van der Waals surface area contributed by atoms with Crippen LogP contribution in [0.1, 0.15) is 25.8 Å². The zero-order valence-corrected chi connectivity index (χ0v) is 13.3. The molecular weight excluding hydrogens is 285 g/mol. The maximum atomic E-state index is 5.97. The van der Waals surface area contributed by atoms with E-state index < -0.39 is 0 Å². The number of methoxy groups -OCH3 is 1. The monoisotopic (exact) mass is 307 g/mol. The van der Waals surface area contributed by atoms with Crippen LogP contribution in [-0.4, -0.2) is 26.4 Å². The van der Waals surface area contributed by atoms with E-state index in [-0.39, 0.29) is 12.4 Å². The first kappa shape index (κ1) is 18.5. The molecule has 0 aliphatic heterocycles. The van der Waals surface area contributed by atoms with Gasteiger partial charge in [-0.2, -0.15) is 0 Å². The Kier molecular flexibility index (Phi) is 10.1. The van der Waals surface area contributed by atoms with Crippen LogP contribution < -0.4 is 10.1 Å². The molecule has 0 aliphatic rings. The standard InChI is InChI=1S/C14H22ClNO2.ClH/c1-11(2)18-8-4-7-16-10-12-9-13(15)5-6-14(12)17-3;/h5-6,9,11,16H,4,7-8,10H2,1-3H3;1H. The molecule has 0 unspecified atom stereocenters. The Balaban J connectivity index is 0.00000324. The van der Waals surface area contributed by atoms with E-state index in [0.717, 1.165) is 42.5 Å². The molecule has 1 N–H and O–H groups in total. The summed E-state index contributed by atoms with van der Waals surface area (Å²) in [4.78, 5) is 0. The summed E-state index contributed by atoms with van der Waals surface area (Å²) in [7, 11) is 1.67. The van der Waals surface area contributed by atoms with Gasteiger partial charge in [0, 0.05) is 23.7 Å². The average molecular weight is 308 g/mol. The fourth-order valence-electron chi connectivity index (χ4n) is 1.62. The van der Waals surface area contributed by atoms with Gasteiger partial charge in [0.1, 0.15) is 5.75 Å². The Hall–Kier alpha value is -0.480. The third kappa shape index (κ3) is 7.63. The summed E-state index contributed by atoms with van der Waals surface area (Å²) < 4.78 is 10.8. The van der Waals surface area contributed by atoms with Gasteiger partial charge in [0.05, 0.1) is 13.2 Å². The molecule has 1 aromatic rings. The molecule has 0 atom stereocenters. The van der Waals surface area contributed by atoms with Crippen LogP contribution in [0.15, 0.2) is 18.2 Å². The van der Waals surface area contributed by atoms with E-state index in [1.165, 1.54) is 0 Å². The third-order valence-electron chi connectivity index (χ3n) is 2.51.